The summed E-state index contributed by atoms with van der Waals surface area (Å²) in [6.07, 6.45) is 0.671. The lowest BCUT2D eigenvalue weighted by Crippen LogP contribution is -2.26. The number of para-hydroxylation sites is 1. The summed E-state index contributed by atoms with van der Waals surface area (Å²) in [5, 5.41) is 7.70. The molecular weight excluding hydrogens is 362 g/mol. The summed E-state index contributed by atoms with van der Waals surface area (Å²) in [6, 6.07) is 17.7. The van der Waals surface area contributed by atoms with Crippen molar-refractivity contribution in [3.63, 3.8) is 0 Å². The molecule has 0 saturated heterocycles. The van der Waals surface area contributed by atoms with E-state index < -0.39 is 0 Å². The summed E-state index contributed by atoms with van der Waals surface area (Å²) < 4.78 is 6.99. The van der Waals surface area contributed by atoms with Crippen molar-refractivity contribution >= 4 is 17.5 Å². The second-order valence-corrected chi connectivity index (χ2v) is 6.57. The molecule has 0 aliphatic heterocycles. The number of hydrogen-bond acceptors (Lipinski definition) is 3. The Morgan fingerprint density at radius 1 is 1.15 bits per heavy atom. The van der Waals surface area contributed by atoms with Crippen molar-refractivity contribution in [2.24, 2.45) is 0 Å². The van der Waals surface area contributed by atoms with Crippen LogP contribution in [0.2, 0.25) is 5.15 Å². The third kappa shape index (κ3) is 4.49. The molecule has 1 N–H and O–H groups in total. The highest BCUT2D eigenvalue weighted by Gasteiger charge is 2.20. The second kappa shape index (κ2) is 8.73. The van der Waals surface area contributed by atoms with Gasteiger partial charge in [-0.15, -0.1) is 0 Å². The van der Waals surface area contributed by atoms with Crippen LogP contribution in [-0.2, 0) is 13.0 Å². The molecular formula is C21H22ClN3O2. The standard InChI is InChI=1S/C21H22ClN3O2/c1-15-19(20(22)25(24-15)14-16-8-4-3-5-9-16)21(26)23-13-12-17-10-6-7-11-18(17)27-2/h3-11H,12-14H2,1-2H3,(H,23,26). The minimum atomic E-state index is -0.216. The largest absolute Gasteiger partial charge is 0.496 e. The maximum atomic E-state index is 12.6. The van der Waals surface area contributed by atoms with Crippen LogP contribution in [0.3, 0.4) is 0 Å². The molecule has 0 bridgehead atoms. The summed E-state index contributed by atoms with van der Waals surface area (Å²) in [5.74, 6) is 0.600. The first kappa shape index (κ1) is 19.0. The van der Waals surface area contributed by atoms with Crippen LogP contribution in [0.5, 0.6) is 5.75 Å². The molecule has 1 heterocycles. The quantitative estimate of drug-likeness (QED) is 0.673. The molecule has 27 heavy (non-hydrogen) atoms. The average molecular weight is 384 g/mol. The van der Waals surface area contributed by atoms with Gasteiger partial charge < -0.3 is 10.1 Å². The molecule has 0 aliphatic carbocycles. The van der Waals surface area contributed by atoms with Crippen LogP contribution in [0.15, 0.2) is 54.6 Å². The lowest BCUT2D eigenvalue weighted by atomic mass is 10.1. The Hall–Kier alpha value is -2.79. The number of methoxy groups -OCH3 is 1. The number of hydrogen-bond donors (Lipinski definition) is 1. The molecule has 0 fully saturated rings. The van der Waals surface area contributed by atoms with E-state index in [0.717, 1.165) is 16.9 Å². The van der Waals surface area contributed by atoms with Crippen molar-refractivity contribution in [2.75, 3.05) is 13.7 Å². The topological polar surface area (TPSA) is 56.1 Å². The second-order valence-electron chi connectivity index (χ2n) is 6.21. The molecule has 2 aromatic carbocycles. The molecule has 3 rings (SSSR count). The molecule has 0 saturated carbocycles. The van der Waals surface area contributed by atoms with Crippen molar-refractivity contribution < 1.29 is 9.53 Å². The van der Waals surface area contributed by atoms with E-state index in [2.05, 4.69) is 10.4 Å². The van der Waals surface area contributed by atoms with E-state index in [0.29, 0.717) is 35.9 Å². The van der Waals surface area contributed by atoms with Gasteiger partial charge in [0.25, 0.3) is 5.91 Å². The monoisotopic (exact) mass is 383 g/mol. The smallest absolute Gasteiger partial charge is 0.256 e. The van der Waals surface area contributed by atoms with Gasteiger partial charge in [-0.05, 0) is 30.5 Å². The van der Waals surface area contributed by atoms with E-state index in [1.165, 1.54) is 0 Å². The normalized spacial score (nSPS) is 10.6. The number of aryl methyl sites for hydroxylation is 1. The van der Waals surface area contributed by atoms with Gasteiger partial charge in [0.15, 0.2) is 0 Å². The molecule has 6 heteroatoms. The highest BCUT2D eigenvalue weighted by Crippen LogP contribution is 2.21. The van der Waals surface area contributed by atoms with Crippen LogP contribution in [0.25, 0.3) is 0 Å². The van der Waals surface area contributed by atoms with E-state index in [1.807, 2.05) is 54.6 Å². The van der Waals surface area contributed by atoms with Gasteiger partial charge in [0.2, 0.25) is 0 Å². The Morgan fingerprint density at radius 2 is 1.85 bits per heavy atom. The molecule has 0 spiro atoms. The first-order valence-corrected chi connectivity index (χ1v) is 9.15. The number of halogens is 1. The molecule has 140 valence electrons. The highest BCUT2D eigenvalue weighted by molar-refractivity contribution is 6.33. The van der Waals surface area contributed by atoms with E-state index in [4.69, 9.17) is 16.3 Å². The maximum absolute atomic E-state index is 12.6. The lowest BCUT2D eigenvalue weighted by molar-refractivity contribution is 0.0953. The lowest BCUT2D eigenvalue weighted by Gasteiger charge is -2.09. The van der Waals surface area contributed by atoms with Crippen molar-refractivity contribution in [3.05, 3.63) is 82.1 Å². The van der Waals surface area contributed by atoms with Crippen molar-refractivity contribution in [3.8, 4) is 5.75 Å². The molecule has 0 radical (unpaired) electrons. The zero-order chi connectivity index (χ0) is 19.2. The molecule has 0 atom stereocenters. The molecule has 1 aromatic heterocycles. The van der Waals surface area contributed by atoms with Gasteiger partial charge in [0, 0.05) is 6.54 Å². The number of aromatic nitrogens is 2. The number of nitrogens with one attached hydrogen (secondary N) is 1. The molecule has 0 aliphatic rings. The van der Waals surface area contributed by atoms with Crippen molar-refractivity contribution in [1.29, 1.82) is 0 Å². The summed E-state index contributed by atoms with van der Waals surface area (Å²) in [6.45, 7) is 2.80. The Morgan fingerprint density at radius 3 is 2.59 bits per heavy atom. The van der Waals surface area contributed by atoms with Gasteiger partial charge in [-0.3, -0.25) is 4.79 Å². The number of nitrogens with zero attached hydrogens (tertiary/aromatic N) is 2. The number of carbonyl (C=O) groups is 1. The van der Waals surface area contributed by atoms with Gasteiger partial charge >= 0.3 is 0 Å². The Labute approximate surface area is 163 Å². The molecule has 5 nitrogen and oxygen atoms in total. The zero-order valence-electron chi connectivity index (χ0n) is 15.4. The Kier molecular flexibility index (Phi) is 6.14. The predicted molar refractivity (Wildman–Crippen MR) is 107 cm³/mol. The van der Waals surface area contributed by atoms with Crippen LogP contribution in [-0.4, -0.2) is 29.3 Å². The SMILES string of the molecule is COc1ccccc1CCNC(=O)c1c(C)nn(Cc2ccccc2)c1Cl. The Bertz CT molecular complexity index is 922. The van der Waals surface area contributed by atoms with Gasteiger partial charge in [-0.1, -0.05) is 60.1 Å². The van der Waals surface area contributed by atoms with Gasteiger partial charge in [0.05, 0.1) is 24.9 Å². The van der Waals surface area contributed by atoms with Crippen LogP contribution in [0.4, 0.5) is 0 Å². The number of amides is 1. The van der Waals surface area contributed by atoms with E-state index in [1.54, 1.807) is 18.7 Å². The molecule has 0 unspecified atom stereocenters. The number of benzene rings is 2. The summed E-state index contributed by atoms with van der Waals surface area (Å²) in [5.41, 5.74) is 3.16. The molecule has 1 amide bonds. The van der Waals surface area contributed by atoms with Crippen molar-refractivity contribution in [1.82, 2.24) is 15.1 Å². The van der Waals surface area contributed by atoms with Crippen LogP contribution in [0, 0.1) is 6.92 Å². The summed E-state index contributed by atoms with van der Waals surface area (Å²) in [7, 11) is 1.64. The van der Waals surface area contributed by atoms with Gasteiger partial charge in [-0.2, -0.15) is 5.10 Å². The fourth-order valence-electron chi connectivity index (χ4n) is 2.98. The van der Waals surface area contributed by atoms with Crippen molar-refractivity contribution in [2.45, 2.75) is 19.9 Å². The summed E-state index contributed by atoms with van der Waals surface area (Å²) in [4.78, 5) is 12.6. The number of ether oxygens (including phenoxy) is 1. The zero-order valence-corrected chi connectivity index (χ0v) is 16.2. The molecule has 3 aromatic rings. The first-order chi connectivity index (χ1) is 13.1. The number of rotatable bonds is 7. The van der Waals surface area contributed by atoms with Crippen LogP contribution in [0.1, 0.15) is 27.2 Å². The fourth-order valence-corrected chi connectivity index (χ4v) is 3.30. The van der Waals surface area contributed by atoms with Gasteiger partial charge in [-0.25, -0.2) is 4.68 Å². The van der Waals surface area contributed by atoms with E-state index in [-0.39, 0.29) is 5.91 Å². The minimum absolute atomic E-state index is 0.216. The Balaban J connectivity index is 1.66. The number of carbonyl (C=O) groups excluding carboxylic acids is 1. The third-order valence-electron chi connectivity index (χ3n) is 4.34. The first-order valence-electron chi connectivity index (χ1n) is 8.77. The van der Waals surface area contributed by atoms with E-state index >= 15 is 0 Å². The van der Waals surface area contributed by atoms with Gasteiger partial charge in [0.1, 0.15) is 10.9 Å². The highest BCUT2D eigenvalue weighted by atomic mass is 35.5. The average Bonchev–Trinajstić information content (AvgIpc) is 2.96. The van der Waals surface area contributed by atoms with Crippen LogP contribution < -0.4 is 10.1 Å². The predicted octanol–water partition coefficient (Wildman–Crippen LogP) is 3.87. The summed E-state index contributed by atoms with van der Waals surface area (Å²) >= 11 is 6.44. The van der Waals surface area contributed by atoms with Crippen LogP contribution >= 0.6 is 11.6 Å². The third-order valence-corrected chi connectivity index (χ3v) is 4.72. The maximum Gasteiger partial charge on any atom is 0.256 e. The fraction of sp³-hybridized carbons (Fsp3) is 0.238. The minimum Gasteiger partial charge on any atom is -0.496 e. The van der Waals surface area contributed by atoms with E-state index in [9.17, 15) is 4.79 Å².